The van der Waals surface area contributed by atoms with Crippen LogP contribution in [0.5, 0.6) is 0 Å². The lowest BCUT2D eigenvalue weighted by molar-refractivity contribution is 0.0684. The normalized spacial score (nSPS) is 13.9. The molecule has 0 amide bonds. The number of carboxylic acid groups (broad SMARTS) is 2. The van der Waals surface area contributed by atoms with Gasteiger partial charge in [-0.15, -0.1) is 0 Å². The zero-order chi connectivity index (χ0) is 36.8. The number of fused-ring (bicyclic) bond motifs is 2. The van der Waals surface area contributed by atoms with Crippen LogP contribution in [0.1, 0.15) is 91.9 Å². The highest BCUT2D eigenvalue weighted by Crippen LogP contribution is 2.41. The van der Waals surface area contributed by atoms with Crippen molar-refractivity contribution in [3.8, 4) is 11.1 Å². The molecule has 11 heteroatoms. The van der Waals surface area contributed by atoms with Crippen molar-refractivity contribution >= 4 is 49.7 Å². The molecular weight excluding hydrogens is 732 g/mol. The summed E-state index contributed by atoms with van der Waals surface area (Å²) in [6.07, 6.45) is 18.3. The minimum Gasteiger partial charge on any atom is -0.478 e. The van der Waals surface area contributed by atoms with Gasteiger partial charge >= 0.3 is 11.9 Å². The first-order chi connectivity index (χ1) is 25.6. The van der Waals surface area contributed by atoms with Crippen LogP contribution in [0, 0.1) is 0 Å². The molecule has 5 heterocycles. The van der Waals surface area contributed by atoms with E-state index in [4.69, 9.17) is 0 Å². The molecule has 0 aliphatic heterocycles. The molecule has 2 aliphatic carbocycles. The lowest BCUT2D eigenvalue weighted by Gasteiger charge is -2.11. The van der Waals surface area contributed by atoms with E-state index in [1.54, 1.807) is 24.5 Å². The van der Waals surface area contributed by atoms with Gasteiger partial charge in [0, 0.05) is 90.5 Å². The number of nitrogens with zero attached hydrogens (tertiary/aromatic N) is 6. The third kappa shape index (κ3) is 7.21. The molecule has 0 atom stereocenters. The molecule has 0 spiro atoms. The van der Waals surface area contributed by atoms with Crippen molar-refractivity contribution in [2.75, 3.05) is 0 Å². The molecule has 9 rings (SSSR count). The first-order valence-electron chi connectivity index (χ1n) is 17.6. The molecule has 7 aromatic rings. The monoisotopic (exact) mass is 768 g/mol. The first kappa shape index (κ1) is 34.4. The van der Waals surface area contributed by atoms with Crippen LogP contribution in [0.2, 0.25) is 0 Å². The maximum Gasteiger partial charge on any atom is 0.337 e. The summed E-state index contributed by atoms with van der Waals surface area (Å²) in [6, 6.07) is 16.1. The molecule has 2 N–H and O–H groups in total. The third-order valence-electron chi connectivity index (χ3n) is 10.2. The second-order valence-corrected chi connectivity index (χ2v) is 15.0. The van der Waals surface area contributed by atoms with Gasteiger partial charge in [-0.3, -0.25) is 9.97 Å². The van der Waals surface area contributed by atoms with Crippen LogP contribution in [0.25, 0.3) is 32.9 Å². The molecule has 2 saturated carbocycles. The van der Waals surface area contributed by atoms with Crippen molar-refractivity contribution in [1.29, 1.82) is 0 Å². The zero-order valence-electron chi connectivity index (χ0n) is 29.3. The number of rotatable bonds is 9. The Hall–Kier alpha value is -5.68. The predicted octanol–water partition coefficient (Wildman–Crippen LogP) is 8.70. The molecule has 2 fully saturated rings. The van der Waals surface area contributed by atoms with Crippen molar-refractivity contribution in [2.45, 2.75) is 50.4 Å². The summed E-state index contributed by atoms with van der Waals surface area (Å²) in [7, 11) is 4.02. The maximum atomic E-state index is 11.9. The van der Waals surface area contributed by atoms with Gasteiger partial charge in [-0.05, 0) is 124 Å². The minimum absolute atomic E-state index is 0.298. The lowest BCUT2D eigenvalue weighted by Crippen LogP contribution is -2.07. The van der Waals surface area contributed by atoms with Crippen LogP contribution in [0.4, 0.5) is 0 Å². The van der Waals surface area contributed by atoms with Crippen molar-refractivity contribution in [1.82, 2.24) is 29.1 Å². The average molecular weight is 770 g/mol. The van der Waals surface area contributed by atoms with Gasteiger partial charge in [0.05, 0.1) is 33.5 Å². The van der Waals surface area contributed by atoms with Gasteiger partial charge in [0.2, 0.25) is 0 Å². The van der Waals surface area contributed by atoms with Crippen LogP contribution in [0.3, 0.4) is 0 Å². The van der Waals surface area contributed by atoms with Crippen LogP contribution < -0.4 is 0 Å². The van der Waals surface area contributed by atoms with Crippen LogP contribution in [-0.2, 0) is 26.9 Å². The minimum atomic E-state index is -0.924. The fourth-order valence-electron chi connectivity index (χ4n) is 7.15. The average Bonchev–Trinajstić information content (AvgIpc) is 4.09. The van der Waals surface area contributed by atoms with Gasteiger partial charge in [0.25, 0.3) is 0 Å². The Morgan fingerprint density at radius 3 is 1.70 bits per heavy atom. The number of aryl methyl sites for hydroxylation is 2. The molecule has 53 heavy (non-hydrogen) atoms. The summed E-state index contributed by atoms with van der Waals surface area (Å²) in [5.74, 6) is -0.855. The molecule has 0 radical (unpaired) electrons. The van der Waals surface area contributed by atoms with Crippen LogP contribution >= 0.6 is 15.9 Å². The zero-order valence-corrected chi connectivity index (χ0v) is 30.9. The Morgan fingerprint density at radius 2 is 1.19 bits per heavy atom. The van der Waals surface area contributed by atoms with E-state index in [2.05, 4.69) is 75.3 Å². The van der Waals surface area contributed by atoms with E-state index in [1.807, 2.05) is 44.9 Å². The van der Waals surface area contributed by atoms with E-state index in [1.165, 1.54) is 6.33 Å². The number of carboxylic acids is 2. The Labute approximate surface area is 314 Å². The highest BCUT2D eigenvalue weighted by Gasteiger charge is 2.27. The fraction of sp³-hybridized carbons (Fsp3) is 0.238. The number of aromatic carboxylic acids is 2. The lowest BCUT2D eigenvalue weighted by atomic mass is 9.97. The summed E-state index contributed by atoms with van der Waals surface area (Å²) >= 11 is 3.62. The number of hydrogen-bond donors (Lipinski definition) is 2. The molecule has 2 aliphatic rings. The summed E-state index contributed by atoms with van der Waals surface area (Å²) in [5, 5.41) is 21.5. The fourth-order valence-corrected chi connectivity index (χ4v) is 7.95. The quantitative estimate of drug-likeness (QED) is 0.149. The maximum absolute atomic E-state index is 11.9. The van der Waals surface area contributed by atoms with Crippen molar-refractivity contribution in [3.63, 3.8) is 0 Å². The number of aromatic nitrogens is 6. The SMILES string of the molecule is Cn1ccc2cc(Cc3ncc(C4CC4)cc3C(=O)O)cc(-c3cncnc3)c21.Cn1ccc2cc(Cc3ncc(C4CC4)cc3C(=O)O)cc(Br)c21. The van der Waals surface area contributed by atoms with E-state index in [0.29, 0.717) is 47.2 Å². The number of benzene rings is 2. The summed E-state index contributed by atoms with van der Waals surface area (Å²) < 4.78 is 5.15. The Kier molecular flexibility index (Phi) is 9.11. The molecule has 2 aromatic carbocycles. The second-order valence-electron chi connectivity index (χ2n) is 14.1. The number of carbonyl (C=O) groups is 2. The van der Waals surface area contributed by atoms with Crippen molar-refractivity contribution in [2.24, 2.45) is 14.1 Å². The Balaban J connectivity index is 0.000000154. The third-order valence-corrected chi connectivity index (χ3v) is 10.8. The number of halogens is 1. The van der Waals surface area contributed by atoms with E-state index < -0.39 is 11.9 Å². The Morgan fingerprint density at radius 1 is 0.698 bits per heavy atom. The highest BCUT2D eigenvalue weighted by molar-refractivity contribution is 9.10. The van der Waals surface area contributed by atoms with Gasteiger partial charge in [-0.25, -0.2) is 19.6 Å². The summed E-state index contributed by atoms with van der Waals surface area (Å²) in [6.45, 7) is 0. The first-order valence-corrected chi connectivity index (χ1v) is 18.4. The number of pyridine rings is 2. The van der Waals surface area contributed by atoms with E-state index in [9.17, 15) is 19.8 Å². The topological polar surface area (TPSA) is 136 Å². The van der Waals surface area contributed by atoms with Crippen molar-refractivity contribution in [3.05, 3.63) is 141 Å². The van der Waals surface area contributed by atoms with Gasteiger partial charge in [-0.1, -0.05) is 0 Å². The second kappa shape index (κ2) is 14.0. The smallest absolute Gasteiger partial charge is 0.337 e. The van der Waals surface area contributed by atoms with Gasteiger partial charge in [0.1, 0.15) is 6.33 Å². The molecule has 0 unspecified atom stereocenters. The molecular formula is C42H37BrN6O4. The van der Waals surface area contributed by atoms with Gasteiger partial charge < -0.3 is 19.3 Å². The molecule has 266 valence electrons. The molecule has 10 nitrogen and oxygen atoms in total. The molecule has 0 saturated heterocycles. The number of hydrogen-bond acceptors (Lipinski definition) is 6. The van der Waals surface area contributed by atoms with E-state index in [-0.39, 0.29) is 0 Å². The standard InChI is InChI=1S/C23H20N4O2.C19H17BrN2O2/c1-27-5-4-16-6-14(7-19(22(16)27)18-10-24-13-25-11-18)8-21-20(23(28)29)9-17(12-26-21)15-2-3-15;1-22-5-4-13-6-11(7-16(20)18(13)22)8-17-15(19(23)24)9-14(10-21-17)12-2-3-12/h4-7,9-13,15H,2-3,8H2,1H3,(H,28,29);4-7,9-10,12H,2-3,8H2,1H3,(H,23,24). The summed E-state index contributed by atoms with van der Waals surface area (Å²) in [4.78, 5) is 40.8. The van der Waals surface area contributed by atoms with Crippen LogP contribution in [-0.4, -0.2) is 51.2 Å². The highest BCUT2D eigenvalue weighted by atomic mass is 79.9. The van der Waals surface area contributed by atoms with E-state index >= 15 is 0 Å². The van der Waals surface area contributed by atoms with Crippen molar-refractivity contribution < 1.29 is 19.8 Å². The molecule has 0 bridgehead atoms. The molecule has 5 aromatic heterocycles. The van der Waals surface area contributed by atoms with Gasteiger partial charge in [0.15, 0.2) is 0 Å². The Bertz CT molecular complexity index is 2540. The predicted molar refractivity (Wildman–Crippen MR) is 207 cm³/mol. The summed E-state index contributed by atoms with van der Waals surface area (Å²) in [5.41, 5.74) is 10.2. The van der Waals surface area contributed by atoms with Crippen LogP contribution in [0.15, 0.2) is 96.5 Å². The van der Waals surface area contributed by atoms with E-state index in [0.717, 1.165) is 85.3 Å². The largest absolute Gasteiger partial charge is 0.478 e. The van der Waals surface area contributed by atoms with Gasteiger partial charge in [-0.2, -0.15) is 0 Å².